The maximum atomic E-state index is 13.4. The summed E-state index contributed by atoms with van der Waals surface area (Å²) in [5.74, 6) is -1.86. The molecule has 0 radical (unpaired) electrons. The molecule has 0 spiro atoms. The van der Waals surface area contributed by atoms with Crippen molar-refractivity contribution >= 4 is 17.4 Å². The monoisotopic (exact) mass is 360 g/mol. The van der Waals surface area contributed by atoms with Gasteiger partial charge in [-0.15, -0.1) is 0 Å². The van der Waals surface area contributed by atoms with Gasteiger partial charge in [0, 0.05) is 36.3 Å². The molecule has 0 aliphatic carbocycles. The van der Waals surface area contributed by atoms with Crippen molar-refractivity contribution in [3.05, 3.63) is 54.4 Å². The molecule has 3 aromatic rings. The van der Waals surface area contributed by atoms with E-state index < -0.39 is 17.8 Å². The van der Waals surface area contributed by atoms with Gasteiger partial charge in [0.2, 0.25) is 0 Å². The van der Waals surface area contributed by atoms with E-state index in [1.54, 1.807) is 28.9 Å². The van der Waals surface area contributed by atoms with Crippen LogP contribution in [-0.2, 0) is 0 Å². The summed E-state index contributed by atoms with van der Waals surface area (Å²) in [4.78, 5) is 17.9. The van der Waals surface area contributed by atoms with Crippen LogP contribution in [0.2, 0.25) is 0 Å². The summed E-state index contributed by atoms with van der Waals surface area (Å²) >= 11 is 0. The summed E-state index contributed by atoms with van der Waals surface area (Å²) in [7, 11) is 0. The number of carbonyl (C=O) groups is 1. The Balaban J connectivity index is 1.57. The largest absolute Gasteiger partial charge is 0.322 e. The molecule has 5 nitrogen and oxygen atoms in total. The fourth-order valence-corrected chi connectivity index (χ4v) is 2.96. The Morgan fingerprint density at radius 1 is 1.19 bits per heavy atom. The lowest BCUT2D eigenvalue weighted by atomic mass is 10.1. The second kappa shape index (κ2) is 6.36. The average molecular weight is 360 g/mol. The van der Waals surface area contributed by atoms with Crippen LogP contribution in [-0.4, -0.2) is 39.6 Å². The van der Waals surface area contributed by atoms with E-state index in [1.165, 1.54) is 11.0 Å². The molecule has 1 fully saturated rings. The zero-order chi connectivity index (χ0) is 18.3. The summed E-state index contributed by atoms with van der Waals surface area (Å²) < 4.78 is 41.4. The van der Waals surface area contributed by atoms with Gasteiger partial charge in [-0.05, 0) is 30.7 Å². The van der Waals surface area contributed by atoms with Gasteiger partial charge in [-0.1, -0.05) is 0 Å². The van der Waals surface area contributed by atoms with Crippen LogP contribution in [0.3, 0.4) is 0 Å². The first-order chi connectivity index (χ1) is 12.5. The van der Waals surface area contributed by atoms with Crippen molar-refractivity contribution in [2.24, 2.45) is 0 Å². The fraction of sp³-hybridized carbons (Fsp3) is 0.222. The smallest absolute Gasteiger partial charge is 0.321 e. The van der Waals surface area contributed by atoms with E-state index >= 15 is 0 Å². The third kappa shape index (κ3) is 3.10. The van der Waals surface area contributed by atoms with Crippen molar-refractivity contribution < 1.29 is 18.0 Å². The quantitative estimate of drug-likeness (QED) is 0.755. The van der Waals surface area contributed by atoms with Gasteiger partial charge >= 0.3 is 6.03 Å². The van der Waals surface area contributed by atoms with Crippen molar-refractivity contribution in [1.82, 2.24) is 14.3 Å². The number of fused-ring (bicyclic) bond motifs is 1. The van der Waals surface area contributed by atoms with Crippen LogP contribution < -0.4 is 5.32 Å². The molecule has 1 aliphatic rings. The summed E-state index contributed by atoms with van der Waals surface area (Å²) in [6, 6.07) is 6.56. The van der Waals surface area contributed by atoms with Crippen LogP contribution in [0, 0.1) is 11.6 Å². The highest BCUT2D eigenvalue weighted by molar-refractivity contribution is 5.90. The molecule has 4 rings (SSSR count). The van der Waals surface area contributed by atoms with E-state index in [9.17, 15) is 18.0 Å². The molecule has 0 saturated carbocycles. The normalized spacial score (nSPS) is 17.0. The maximum absolute atomic E-state index is 13.4. The van der Waals surface area contributed by atoms with E-state index in [0.717, 1.165) is 12.1 Å². The minimum Gasteiger partial charge on any atom is -0.322 e. The molecule has 1 saturated heterocycles. The predicted octanol–water partition coefficient (Wildman–Crippen LogP) is 3.86. The zero-order valence-electron chi connectivity index (χ0n) is 13.6. The number of rotatable bonds is 2. The number of imidazole rings is 1. The zero-order valence-corrected chi connectivity index (χ0v) is 13.6. The molecule has 26 heavy (non-hydrogen) atoms. The average Bonchev–Trinajstić information content (AvgIpc) is 3.23. The minimum atomic E-state index is -0.978. The molecule has 1 unspecified atom stereocenters. The number of likely N-dealkylation sites (tertiary alicyclic amines) is 1. The SMILES string of the molecule is O=C(Nc1ccn2cc(-c3ccc(F)c(F)c3)nc2c1)N1CCC(F)C1. The lowest BCUT2D eigenvalue weighted by Gasteiger charge is -2.16. The van der Waals surface area contributed by atoms with Crippen LogP contribution in [0.15, 0.2) is 42.7 Å². The number of hydrogen-bond donors (Lipinski definition) is 1. The Labute approximate surface area is 147 Å². The Morgan fingerprint density at radius 3 is 2.77 bits per heavy atom. The number of alkyl halides is 1. The molecule has 1 aromatic carbocycles. The molecule has 1 N–H and O–H groups in total. The van der Waals surface area contributed by atoms with E-state index in [0.29, 0.717) is 35.6 Å². The molecule has 1 atom stereocenters. The summed E-state index contributed by atoms with van der Waals surface area (Å²) in [5.41, 5.74) is 1.98. The van der Waals surface area contributed by atoms with Crippen LogP contribution >= 0.6 is 0 Å². The lowest BCUT2D eigenvalue weighted by Crippen LogP contribution is -2.33. The Hall–Kier alpha value is -3.03. The van der Waals surface area contributed by atoms with Gasteiger partial charge in [-0.2, -0.15) is 0 Å². The van der Waals surface area contributed by atoms with Crippen LogP contribution in [0.4, 0.5) is 23.7 Å². The van der Waals surface area contributed by atoms with Gasteiger partial charge in [0.15, 0.2) is 11.6 Å². The fourth-order valence-electron chi connectivity index (χ4n) is 2.96. The van der Waals surface area contributed by atoms with Crippen molar-refractivity contribution in [2.45, 2.75) is 12.6 Å². The summed E-state index contributed by atoms with van der Waals surface area (Å²) in [5, 5.41) is 2.72. The third-order valence-electron chi connectivity index (χ3n) is 4.34. The molecule has 0 bridgehead atoms. The number of amides is 2. The Kier molecular flexibility index (Phi) is 4.02. The first kappa shape index (κ1) is 16.4. The third-order valence-corrected chi connectivity index (χ3v) is 4.34. The van der Waals surface area contributed by atoms with Crippen molar-refractivity contribution in [3.63, 3.8) is 0 Å². The number of nitrogens with zero attached hydrogens (tertiary/aromatic N) is 3. The molecular formula is C18H15F3N4O. The number of aromatic nitrogens is 2. The number of halogens is 3. The van der Waals surface area contributed by atoms with E-state index in [1.807, 2.05) is 0 Å². The van der Waals surface area contributed by atoms with Crippen LogP contribution in [0.25, 0.3) is 16.9 Å². The van der Waals surface area contributed by atoms with Crippen molar-refractivity contribution in [1.29, 1.82) is 0 Å². The topological polar surface area (TPSA) is 49.6 Å². The lowest BCUT2D eigenvalue weighted by molar-refractivity contribution is 0.218. The number of benzene rings is 1. The van der Waals surface area contributed by atoms with Crippen LogP contribution in [0.5, 0.6) is 0 Å². The molecule has 134 valence electrons. The molecule has 2 amide bonds. The van der Waals surface area contributed by atoms with Gasteiger partial charge in [-0.25, -0.2) is 22.9 Å². The van der Waals surface area contributed by atoms with E-state index in [4.69, 9.17) is 0 Å². The molecular weight excluding hydrogens is 345 g/mol. The standard InChI is InChI=1S/C18H15F3N4O/c19-12-3-5-25(9-12)18(26)22-13-4-6-24-10-16(23-17(24)8-13)11-1-2-14(20)15(21)7-11/h1-2,4,6-8,10,12H,3,5,9H2,(H,22,26). The molecule has 1 aliphatic heterocycles. The molecule has 8 heteroatoms. The maximum Gasteiger partial charge on any atom is 0.321 e. The highest BCUT2D eigenvalue weighted by Crippen LogP contribution is 2.23. The summed E-state index contributed by atoms with van der Waals surface area (Å²) in [6.45, 7) is 0.483. The van der Waals surface area contributed by atoms with Gasteiger partial charge < -0.3 is 14.6 Å². The molecule has 3 heterocycles. The van der Waals surface area contributed by atoms with Gasteiger partial charge in [-0.3, -0.25) is 0 Å². The Bertz CT molecular complexity index is 988. The highest BCUT2D eigenvalue weighted by Gasteiger charge is 2.25. The number of anilines is 1. The number of nitrogens with one attached hydrogen (secondary N) is 1. The van der Waals surface area contributed by atoms with E-state index in [2.05, 4.69) is 10.3 Å². The summed E-state index contributed by atoms with van der Waals surface area (Å²) in [6.07, 6.45) is 2.75. The number of carbonyl (C=O) groups excluding carboxylic acids is 1. The Morgan fingerprint density at radius 2 is 2.04 bits per heavy atom. The van der Waals surface area contributed by atoms with Crippen molar-refractivity contribution in [3.8, 4) is 11.3 Å². The predicted molar refractivity (Wildman–Crippen MR) is 90.6 cm³/mol. The first-order valence-electron chi connectivity index (χ1n) is 8.14. The van der Waals surface area contributed by atoms with Crippen molar-refractivity contribution in [2.75, 3.05) is 18.4 Å². The van der Waals surface area contributed by atoms with Gasteiger partial charge in [0.1, 0.15) is 11.8 Å². The first-order valence-corrected chi connectivity index (χ1v) is 8.14. The van der Waals surface area contributed by atoms with Gasteiger partial charge in [0.25, 0.3) is 0 Å². The number of hydrogen-bond acceptors (Lipinski definition) is 2. The second-order valence-corrected chi connectivity index (χ2v) is 6.20. The van der Waals surface area contributed by atoms with Crippen LogP contribution in [0.1, 0.15) is 6.42 Å². The van der Waals surface area contributed by atoms with Gasteiger partial charge in [0.05, 0.1) is 12.2 Å². The second-order valence-electron chi connectivity index (χ2n) is 6.20. The molecule has 2 aromatic heterocycles. The highest BCUT2D eigenvalue weighted by atomic mass is 19.2. The van der Waals surface area contributed by atoms with E-state index in [-0.39, 0.29) is 12.6 Å². The minimum absolute atomic E-state index is 0.0950. The number of pyridine rings is 1. The number of urea groups is 1.